The molecule has 1 saturated heterocycles. The number of para-hydroxylation sites is 1. The fraction of sp³-hybridized carbons (Fsp3) is 0.280. The second-order valence-corrected chi connectivity index (χ2v) is 11.3. The van der Waals surface area contributed by atoms with Crippen molar-refractivity contribution in [3.8, 4) is 11.1 Å². The Kier molecular flexibility index (Phi) is 7.47. The van der Waals surface area contributed by atoms with Gasteiger partial charge in [0.1, 0.15) is 4.90 Å². The molecular formula is C25H27N3O3S2. The summed E-state index contributed by atoms with van der Waals surface area (Å²) in [4.78, 5) is 17.4. The van der Waals surface area contributed by atoms with Gasteiger partial charge >= 0.3 is 0 Å². The number of hydrogen-bond acceptors (Lipinski definition) is 5. The summed E-state index contributed by atoms with van der Waals surface area (Å²) >= 11 is 1.30. The number of thioether (sulfide) groups is 1. The first-order valence-corrected chi connectivity index (χ1v) is 13.4. The third-order valence-electron chi connectivity index (χ3n) is 5.60. The Hall–Kier alpha value is -2.68. The van der Waals surface area contributed by atoms with Crippen LogP contribution in [0.5, 0.6) is 0 Å². The van der Waals surface area contributed by atoms with Gasteiger partial charge in [0.25, 0.3) is 0 Å². The van der Waals surface area contributed by atoms with Crippen LogP contribution in [0.2, 0.25) is 0 Å². The van der Waals surface area contributed by atoms with Gasteiger partial charge in [-0.3, -0.25) is 4.79 Å². The van der Waals surface area contributed by atoms with Gasteiger partial charge < -0.3 is 5.32 Å². The smallest absolute Gasteiger partial charge is 0.244 e. The van der Waals surface area contributed by atoms with Gasteiger partial charge in [0.05, 0.1) is 10.3 Å². The number of anilines is 1. The van der Waals surface area contributed by atoms with Crippen LogP contribution in [0, 0.1) is 0 Å². The first kappa shape index (κ1) is 23.5. The van der Waals surface area contributed by atoms with Crippen molar-refractivity contribution in [2.45, 2.75) is 41.4 Å². The fourth-order valence-electron chi connectivity index (χ4n) is 3.77. The number of pyridine rings is 1. The van der Waals surface area contributed by atoms with Crippen molar-refractivity contribution in [1.82, 2.24) is 9.29 Å². The van der Waals surface area contributed by atoms with E-state index in [4.69, 9.17) is 0 Å². The highest BCUT2D eigenvalue weighted by atomic mass is 32.2. The standard InChI is InChI=1S/C25H27N3O3S2/c1-19(25(29)27-23-13-7-6-12-22(23)20-10-4-2-5-11-20)32-24-15-14-21(18-26-24)33(30,31)28-16-8-3-9-17-28/h2,4-7,10-15,18-19H,3,8-9,16-17H2,1H3,(H,27,29)/t19-/m0/s1. The summed E-state index contributed by atoms with van der Waals surface area (Å²) in [5.41, 5.74) is 2.73. The van der Waals surface area contributed by atoms with Crippen LogP contribution in [-0.4, -0.2) is 42.0 Å². The minimum Gasteiger partial charge on any atom is -0.325 e. The third kappa shape index (κ3) is 5.63. The molecule has 1 atom stereocenters. The molecule has 0 saturated carbocycles. The van der Waals surface area contributed by atoms with E-state index < -0.39 is 15.3 Å². The first-order chi connectivity index (χ1) is 15.9. The molecule has 0 aliphatic carbocycles. The van der Waals surface area contributed by atoms with Gasteiger partial charge in [-0.25, -0.2) is 13.4 Å². The Balaban J connectivity index is 1.42. The van der Waals surface area contributed by atoms with Crippen LogP contribution in [0.4, 0.5) is 5.69 Å². The summed E-state index contributed by atoms with van der Waals surface area (Å²) in [6.07, 6.45) is 4.23. The van der Waals surface area contributed by atoms with Crippen LogP contribution in [0.3, 0.4) is 0 Å². The molecule has 1 fully saturated rings. The highest BCUT2D eigenvalue weighted by molar-refractivity contribution is 8.00. The number of nitrogens with one attached hydrogen (secondary N) is 1. The van der Waals surface area contributed by atoms with Crippen molar-refractivity contribution in [3.05, 3.63) is 72.9 Å². The quantitative estimate of drug-likeness (QED) is 0.478. The Labute approximate surface area is 199 Å². The minimum absolute atomic E-state index is 0.143. The van der Waals surface area contributed by atoms with E-state index in [1.807, 2.05) is 61.5 Å². The average Bonchev–Trinajstić information content (AvgIpc) is 2.86. The summed E-state index contributed by atoms with van der Waals surface area (Å²) in [5, 5.41) is 3.21. The highest BCUT2D eigenvalue weighted by Gasteiger charge is 2.26. The van der Waals surface area contributed by atoms with E-state index in [0.717, 1.165) is 36.1 Å². The molecule has 0 bridgehead atoms. The Morgan fingerprint density at radius 1 is 0.970 bits per heavy atom. The zero-order valence-corrected chi connectivity index (χ0v) is 20.1. The lowest BCUT2D eigenvalue weighted by Crippen LogP contribution is -2.35. The van der Waals surface area contributed by atoms with Crippen LogP contribution in [0.15, 0.2) is 82.8 Å². The summed E-state index contributed by atoms with van der Waals surface area (Å²) in [5.74, 6) is -0.143. The maximum absolute atomic E-state index is 12.9. The van der Waals surface area contributed by atoms with E-state index in [9.17, 15) is 13.2 Å². The van der Waals surface area contributed by atoms with Crippen LogP contribution >= 0.6 is 11.8 Å². The molecule has 1 aliphatic heterocycles. The number of amides is 1. The SMILES string of the molecule is C[C@H](Sc1ccc(S(=O)(=O)N2CCCCC2)cn1)C(=O)Nc1ccccc1-c1ccccc1. The number of sulfonamides is 1. The number of benzene rings is 2. The average molecular weight is 482 g/mol. The van der Waals surface area contributed by atoms with E-state index >= 15 is 0 Å². The molecule has 0 radical (unpaired) electrons. The van der Waals surface area contributed by atoms with Crippen molar-refractivity contribution in [2.24, 2.45) is 0 Å². The second kappa shape index (κ2) is 10.5. The molecule has 1 aliphatic rings. The minimum atomic E-state index is -3.51. The Bertz CT molecular complexity index is 1190. The van der Waals surface area contributed by atoms with Crippen molar-refractivity contribution < 1.29 is 13.2 Å². The van der Waals surface area contributed by atoms with Gasteiger partial charge in [0.2, 0.25) is 15.9 Å². The van der Waals surface area contributed by atoms with E-state index in [0.29, 0.717) is 18.1 Å². The normalized spacial score (nSPS) is 15.7. The number of rotatable bonds is 7. The molecule has 33 heavy (non-hydrogen) atoms. The zero-order valence-electron chi connectivity index (χ0n) is 18.5. The van der Waals surface area contributed by atoms with Crippen molar-refractivity contribution in [1.29, 1.82) is 0 Å². The summed E-state index contributed by atoms with van der Waals surface area (Å²) in [7, 11) is -3.51. The van der Waals surface area contributed by atoms with Crippen LogP contribution in [-0.2, 0) is 14.8 Å². The van der Waals surface area contributed by atoms with Gasteiger partial charge in [-0.05, 0) is 43.5 Å². The van der Waals surface area contributed by atoms with Gasteiger partial charge in [0.15, 0.2) is 0 Å². The molecule has 2 aromatic carbocycles. The number of piperidine rings is 1. The molecule has 0 spiro atoms. The van der Waals surface area contributed by atoms with Crippen molar-refractivity contribution in [2.75, 3.05) is 18.4 Å². The molecule has 0 unspecified atom stereocenters. The first-order valence-electron chi connectivity index (χ1n) is 11.0. The van der Waals surface area contributed by atoms with Gasteiger partial charge in [-0.1, -0.05) is 66.7 Å². The lowest BCUT2D eigenvalue weighted by molar-refractivity contribution is -0.115. The third-order valence-corrected chi connectivity index (χ3v) is 8.53. The monoisotopic (exact) mass is 481 g/mol. The summed E-state index contributed by atoms with van der Waals surface area (Å²) in [6.45, 7) is 2.92. The predicted octanol–water partition coefficient (Wildman–Crippen LogP) is 5.04. The number of nitrogens with zero attached hydrogens (tertiary/aromatic N) is 2. The van der Waals surface area contributed by atoms with E-state index in [1.54, 1.807) is 12.1 Å². The number of carbonyl (C=O) groups excluding carboxylic acids is 1. The van der Waals surface area contributed by atoms with E-state index in [-0.39, 0.29) is 10.8 Å². The molecule has 1 N–H and O–H groups in total. The lowest BCUT2D eigenvalue weighted by Gasteiger charge is -2.25. The van der Waals surface area contributed by atoms with Crippen molar-refractivity contribution in [3.63, 3.8) is 0 Å². The molecular weight excluding hydrogens is 454 g/mol. The molecule has 4 rings (SSSR count). The Morgan fingerprint density at radius 2 is 1.67 bits per heavy atom. The van der Waals surface area contributed by atoms with Gasteiger partial charge in [-0.15, -0.1) is 0 Å². The molecule has 3 aromatic rings. The Morgan fingerprint density at radius 3 is 2.36 bits per heavy atom. The zero-order chi connectivity index (χ0) is 23.3. The maximum atomic E-state index is 12.9. The molecule has 1 amide bonds. The molecule has 1 aromatic heterocycles. The lowest BCUT2D eigenvalue weighted by atomic mass is 10.0. The predicted molar refractivity (Wildman–Crippen MR) is 133 cm³/mol. The van der Waals surface area contributed by atoms with Crippen LogP contribution < -0.4 is 5.32 Å². The largest absolute Gasteiger partial charge is 0.325 e. The van der Waals surface area contributed by atoms with E-state index in [1.165, 1.54) is 22.3 Å². The number of aromatic nitrogens is 1. The fourth-order valence-corrected chi connectivity index (χ4v) is 6.03. The molecule has 2 heterocycles. The second-order valence-electron chi connectivity index (χ2n) is 7.96. The topological polar surface area (TPSA) is 79.4 Å². The van der Waals surface area contributed by atoms with Crippen LogP contribution in [0.25, 0.3) is 11.1 Å². The number of carbonyl (C=O) groups is 1. The van der Waals surface area contributed by atoms with E-state index in [2.05, 4.69) is 10.3 Å². The summed E-state index contributed by atoms with van der Waals surface area (Å²) < 4.78 is 27.1. The maximum Gasteiger partial charge on any atom is 0.244 e. The van der Waals surface area contributed by atoms with Crippen LogP contribution in [0.1, 0.15) is 26.2 Å². The van der Waals surface area contributed by atoms with Gasteiger partial charge in [-0.2, -0.15) is 4.31 Å². The number of hydrogen-bond donors (Lipinski definition) is 1. The van der Waals surface area contributed by atoms with Crippen molar-refractivity contribution >= 4 is 33.4 Å². The van der Waals surface area contributed by atoms with Gasteiger partial charge in [0, 0.05) is 30.5 Å². The molecule has 172 valence electrons. The highest BCUT2D eigenvalue weighted by Crippen LogP contribution is 2.29. The molecule has 8 heteroatoms. The molecule has 6 nitrogen and oxygen atoms in total. The summed E-state index contributed by atoms with van der Waals surface area (Å²) in [6, 6.07) is 20.8.